The minimum absolute atomic E-state index is 0.175. The lowest BCUT2D eigenvalue weighted by Gasteiger charge is -2.24. The standard InChI is InChI=1S/C14H21F3N4/c1-20(8-9-21-6-2-3-7-21)13-11(10-18)4-5-12(19-13)14(15,16)17/h4-5H,2-3,6-10,18H2,1H3. The molecule has 2 heterocycles. The van der Waals surface area contributed by atoms with Crippen LogP contribution in [0, 0.1) is 0 Å². The zero-order valence-electron chi connectivity index (χ0n) is 12.2. The normalized spacial score (nSPS) is 16.4. The summed E-state index contributed by atoms with van der Waals surface area (Å²) in [6.45, 7) is 3.77. The minimum atomic E-state index is -4.43. The first-order chi connectivity index (χ1) is 9.91. The van der Waals surface area contributed by atoms with Crippen molar-refractivity contribution < 1.29 is 13.2 Å². The Balaban J connectivity index is 2.11. The Morgan fingerprint density at radius 3 is 2.52 bits per heavy atom. The number of pyridine rings is 1. The van der Waals surface area contributed by atoms with Gasteiger partial charge in [0, 0.05) is 32.2 Å². The van der Waals surface area contributed by atoms with Crippen LogP contribution in [0.15, 0.2) is 12.1 Å². The summed E-state index contributed by atoms with van der Waals surface area (Å²) in [5.74, 6) is 0.325. The van der Waals surface area contributed by atoms with Crippen molar-refractivity contribution in [3.05, 3.63) is 23.4 Å². The predicted molar refractivity (Wildman–Crippen MR) is 76.1 cm³/mol. The number of aromatic nitrogens is 1. The second-order valence-electron chi connectivity index (χ2n) is 5.35. The van der Waals surface area contributed by atoms with Crippen LogP contribution in [-0.4, -0.2) is 43.1 Å². The highest BCUT2D eigenvalue weighted by molar-refractivity contribution is 5.47. The second-order valence-corrected chi connectivity index (χ2v) is 5.35. The van der Waals surface area contributed by atoms with Crippen LogP contribution in [0.25, 0.3) is 0 Å². The maximum atomic E-state index is 12.8. The van der Waals surface area contributed by atoms with Gasteiger partial charge in [-0.2, -0.15) is 13.2 Å². The molecule has 1 fully saturated rings. The highest BCUT2D eigenvalue weighted by Gasteiger charge is 2.33. The summed E-state index contributed by atoms with van der Waals surface area (Å²) in [4.78, 5) is 7.83. The predicted octanol–water partition coefficient (Wildman–Crippen LogP) is 2.09. The Labute approximate surface area is 122 Å². The largest absolute Gasteiger partial charge is 0.433 e. The Kier molecular flexibility index (Phi) is 5.05. The number of halogens is 3. The van der Waals surface area contributed by atoms with Gasteiger partial charge >= 0.3 is 6.18 Å². The van der Waals surface area contributed by atoms with Gasteiger partial charge in [-0.15, -0.1) is 0 Å². The lowest BCUT2D eigenvalue weighted by molar-refractivity contribution is -0.141. The quantitative estimate of drug-likeness (QED) is 0.904. The monoisotopic (exact) mass is 302 g/mol. The van der Waals surface area contributed by atoms with E-state index in [1.54, 1.807) is 11.9 Å². The van der Waals surface area contributed by atoms with Crippen molar-refractivity contribution in [3.8, 4) is 0 Å². The van der Waals surface area contributed by atoms with E-state index < -0.39 is 11.9 Å². The zero-order valence-corrected chi connectivity index (χ0v) is 12.2. The number of likely N-dealkylation sites (tertiary alicyclic amines) is 1. The highest BCUT2D eigenvalue weighted by Crippen LogP contribution is 2.30. The van der Waals surface area contributed by atoms with Crippen molar-refractivity contribution in [2.24, 2.45) is 5.73 Å². The Morgan fingerprint density at radius 2 is 1.95 bits per heavy atom. The number of nitrogens with zero attached hydrogens (tertiary/aromatic N) is 3. The molecule has 1 aliphatic heterocycles. The van der Waals surface area contributed by atoms with E-state index in [0.717, 1.165) is 25.7 Å². The first kappa shape index (κ1) is 16.0. The third-order valence-corrected chi connectivity index (χ3v) is 3.78. The number of nitrogens with two attached hydrogens (primary N) is 1. The van der Waals surface area contributed by atoms with Crippen molar-refractivity contribution in [1.82, 2.24) is 9.88 Å². The summed E-state index contributed by atoms with van der Waals surface area (Å²) in [6, 6.07) is 2.40. The molecule has 0 bridgehead atoms. The summed E-state index contributed by atoms with van der Waals surface area (Å²) >= 11 is 0. The second kappa shape index (κ2) is 6.62. The van der Waals surface area contributed by atoms with Gasteiger partial charge in [-0.3, -0.25) is 0 Å². The molecule has 7 heteroatoms. The van der Waals surface area contributed by atoms with E-state index >= 15 is 0 Å². The van der Waals surface area contributed by atoms with Crippen molar-refractivity contribution in [2.45, 2.75) is 25.6 Å². The molecule has 0 unspecified atom stereocenters. The van der Waals surface area contributed by atoms with Crippen LogP contribution < -0.4 is 10.6 Å². The summed E-state index contributed by atoms with van der Waals surface area (Å²) in [7, 11) is 1.76. The van der Waals surface area contributed by atoms with Gasteiger partial charge in [-0.05, 0) is 32.0 Å². The molecule has 0 amide bonds. The maximum Gasteiger partial charge on any atom is 0.433 e. The van der Waals surface area contributed by atoms with Gasteiger partial charge in [0.2, 0.25) is 0 Å². The van der Waals surface area contributed by atoms with Crippen LogP contribution in [0.3, 0.4) is 0 Å². The van der Waals surface area contributed by atoms with Crippen LogP contribution in [0.4, 0.5) is 19.0 Å². The zero-order chi connectivity index (χ0) is 15.5. The Bertz CT molecular complexity index is 470. The third-order valence-electron chi connectivity index (χ3n) is 3.78. The molecule has 0 aliphatic carbocycles. The maximum absolute atomic E-state index is 12.8. The summed E-state index contributed by atoms with van der Waals surface area (Å²) in [6.07, 6.45) is -2.04. The molecule has 0 spiro atoms. The molecular formula is C14H21F3N4. The molecule has 2 rings (SSSR count). The molecule has 2 N–H and O–H groups in total. The van der Waals surface area contributed by atoms with Gasteiger partial charge in [0.1, 0.15) is 11.5 Å². The van der Waals surface area contributed by atoms with Crippen molar-refractivity contribution in [1.29, 1.82) is 0 Å². The lowest BCUT2D eigenvalue weighted by Crippen LogP contribution is -2.32. The number of likely N-dealkylation sites (N-methyl/N-ethyl adjacent to an activating group) is 1. The molecule has 21 heavy (non-hydrogen) atoms. The van der Waals surface area contributed by atoms with E-state index in [1.807, 2.05) is 0 Å². The number of rotatable bonds is 5. The van der Waals surface area contributed by atoms with Crippen LogP contribution in [0.2, 0.25) is 0 Å². The van der Waals surface area contributed by atoms with Crippen LogP contribution >= 0.6 is 0 Å². The van der Waals surface area contributed by atoms with Gasteiger partial charge in [0.15, 0.2) is 0 Å². The van der Waals surface area contributed by atoms with Crippen molar-refractivity contribution in [3.63, 3.8) is 0 Å². The summed E-state index contributed by atoms with van der Waals surface area (Å²) in [5, 5.41) is 0. The molecule has 0 saturated carbocycles. The van der Waals surface area contributed by atoms with E-state index in [2.05, 4.69) is 9.88 Å². The van der Waals surface area contributed by atoms with Crippen LogP contribution in [0.1, 0.15) is 24.1 Å². The first-order valence-corrected chi connectivity index (χ1v) is 7.12. The molecule has 1 saturated heterocycles. The number of hydrogen-bond acceptors (Lipinski definition) is 4. The smallest absolute Gasteiger partial charge is 0.358 e. The molecule has 1 aromatic rings. The number of hydrogen-bond donors (Lipinski definition) is 1. The molecule has 118 valence electrons. The average molecular weight is 302 g/mol. The fourth-order valence-electron chi connectivity index (χ4n) is 2.53. The van der Waals surface area contributed by atoms with Crippen LogP contribution in [-0.2, 0) is 12.7 Å². The fourth-order valence-corrected chi connectivity index (χ4v) is 2.53. The van der Waals surface area contributed by atoms with Gasteiger partial charge in [0.05, 0.1) is 0 Å². The van der Waals surface area contributed by atoms with Crippen molar-refractivity contribution >= 4 is 5.82 Å². The van der Waals surface area contributed by atoms with Gasteiger partial charge in [-0.1, -0.05) is 6.07 Å². The highest BCUT2D eigenvalue weighted by atomic mass is 19.4. The molecule has 1 aromatic heterocycles. The average Bonchev–Trinajstić information content (AvgIpc) is 2.96. The lowest BCUT2D eigenvalue weighted by atomic mass is 10.2. The first-order valence-electron chi connectivity index (χ1n) is 7.12. The minimum Gasteiger partial charge on any atom is -0.358 e. The van der Waals surface area contributed by atoms with E-state index in [4.69, 9.17) is 5.73 Å². The number of alkyl halides is 3. The SMILES string of the molecule is CN(CCN1CCCC1)c1nc(C(F)(F)F)ccc1CN. The fraction of sp³-hybridized carbons (Fsp3) is 0.643. The van der Waals surface area contributed by atoms with E-state index in [1.165, 1.54) is 18.9 Å². The molecule has 4 nitrogen and oxygen atoms in total. The number of anilines is 1. The van der Waals surface area contributed by atoms with Crippen LogP contribution in [0.5, 0.6) is 0 Å². The van der Waals surface area contributed by atoms with Gasteiger partial charge in [0.25, 0.3) is 0 Å². The Hall–Kier alpha value is -1.34. The molecule has 0 atom stereocenters. The molecule has 1 aliphatic rings. The molecule has 0 aromatic carbocycles. The van der Waals surface area contributed by atoms with Gasteiger partial charge < -0.3 is 15.5 Å². The van der Waals surface area contributed by atoms with E-state index in [0.29, 0.717) is 17.9 Å². The van der Waals surface area contributed by atoms with E-state index in [-0.39, 0.29) is 6.54 Å². The third kappa shape index (κ3) is 4.07. The summed E-state index contributed by atoms with van der Waals surface area (Å²) in [5.41, 5.74) is 5.37. The van der Waals surface area contributed by atoms with Gasteiger partial charge in [-0.25, -0.2) is 4.98 Å². The Morgan fingerprint density at radius 1 is 1.29 bits per heavy atom. The molecule has 0 radical (unpaired) electrons. The van der Waals surface area contributed by atoms with Crippen molar-refractivity contribution in [2.75, 3.05) is 38.1 Å². The summed E-state index contributed by atoms with van der Waals surface area (Å²) < 4.78 is 38.3. The molecular weight excluding hydrogens is 281 g/mol. The van der Waals surface area contributed by atoms with E-state index in [9.17, 15) is 13.2 Å². The topological polar surface area (TPSA) is 45.4 Å².